The van der Waals surface area contributed by atoms with Crippen LogP contribution in [0.25, 0.3) is 11.1 Å². The Balaban J connectivity index is 1.60. The zero-order chi connectivity index (χ0) is 17.6. The third-order valence-electron chi connectivity index (χ3n) is 4.45. The first-order valence-electron chi connectivity index (χ1n) is 8.41. The molecule has 1 atom stereocenters. The molecule has 0 radical (unpaired) electrons. The Hall–Kier alpha value is -2.77. The van der Waals surface area contributed by atoms with Gasteiger partial charge in [-0.25, -0.2) is 4.79 Å². The summed E-state index contributed by atoms with van der Waals surface area (Å²) < 4.78 is 5.39. The average Bonchev–Trinajstić information content (AvgIpc) is 2.97. The van der Waals surface area contributed by atoms with E-state index < -0.39 is 12.2 Å². The fraction of sp³-hybridized carbons (Fsp3) is 0.286. The van der Waals surface area contributed by atoms with Gasteiger partial charge < -0.3 is 15.2 Å². The van der Waals surface area contributed by atoms with E-state index in [4.69, 9.17) is 11.2 Å². The minimum Gasteiger partial charge on any atom is -0.449 e. The molecule has 0 heterocycles. The SMILES string of the molecule is C#CCCC(O)CNC(=O)OCC1c2ccccc2-c2ccccc21. The van der Waals surface area contributed by atoms with Gasteiger partial charge >= 0.3 is 6.09 Å². The van der Waals surface area contributed by atoms with E-state index in [9.17, 15) is 9.90 Å². The molecule has 0 bridgehead atoms. The predicted molar refractivity (Wildman–Crippen MR) is 97.1 cm³/mol. The lowest BCUT2D eigenvalue weighted by molar-refractivity contribution is 0.126. The van der Waals surface area contributed by atoms with Gasteiger partial charge in [-0.3, -0.25) is 0 Å². The zero-order valence-corrected chi connectivity index (χ0v) is 13.9. The van der Waals surface area contributed by atoms with Crippen LogP contribution in [-0.2, 0) is 4.74 Å². The van der Waals surface area contributed by atoms with Crippen molar-refractivity contribution in [1.29, 1.82) is 0 Å². The van der Waals surface area contributed by atoms with E-state index in [0.29, 0.717) is 12.8 Å². The number of ether oxygens (including phenoxy) is 1. The molecule has 25 heavy (non-hydrogen) atoms. The van der Waals surface area contributed by atoms with Crippen LogP contribution < -0.4 is 5.32 Å². The average molecular weight is 335 g/mol. The normalized spacial score (nSPS) is 13.4. The summed E-state index contributed by atoms with van der Waals surface area (Å²) in [5.41, 5.74) is 4.73. The van der Waals surface area contributed by atoms with Crippen LogP contribution in [0.2, 0.25) is 0 Å². The molecule has 3 rings (SSSR count). The Morgan fingerprint density at radius 1 is 1.16 bits per heavy atom. The fourth-order valence-electron chi connectivity index (χ4n) is 3.20. The zero-order valence-electron chi connectivity index (χ0n) is 13.9. The monoisotopic (exact) mass is 335 g/mol. The molecule has 4 nitrogen and oxygen atoms in total. The van der Waals surface area contributed by atoms with Crippen LogP contribution in [0.4, 0.5) is 4.79 Å². The van der Waals surface area contributed by atoms with Gasteiger partial charge in [0.05, 0.1) is 6.10 Å². The molecule has 1 unspecified atom stereocenters. The summed E-state index contributed by atoms with van der Waals surface area (Å²) in [6.07, 6.45) is 4.91. The molecule has 0 spiro atoms. The number of aliphatic hydroxyl groups is 1. The maximum atomic E-state index is 11.9. The summed E-state index contributed by atoms with van der Waals surface area (Å²) in [4.78, 5) is 11.9. The summed E-state index contributed by atoms with van der Waals surface area (Å²) in [5.74, 6) is 2.50. The van der Waals surface area contributed by atoms with Crippen molar-refractivity contribution in [1.82, 2.24) is 5.32 Å². The van der Waals surface area contributed by atoms with E-state index in [2.05, 4.69) is 35.5 Å². The van der Waals surface area contributed by atoms with Gasteiger partial charge in [-0.05, 0) is 28.7 Å². The minimum absolute atomic E-state index is 0.0320. The van der Waals surface area contributed by atoms with E-state index in [1.165, 1.54) is 22.3 Å². The Labute approximate surface area is 147 Å². The summed E-state index contributed by atoms with van der Waals surface area (Å²) in [6, 6.07) is 16.4. The molecule has 0 fully saturated rings. The summed E-state index contributed by atoms with van der Waals surface area (Å²) in [6.45, 7) is 0.401. The predicted octanol–water partition coefficient (Wildman–Crippen LogP) is 3.30. The lowest BCUT2D eigenvalue weighted by atomic mass is 9.98. The number of amides is 1. The highest BCUT2D eigenvalue weighted by atomic mass is 16.5. The van der Waals surface area contributed by atoms with Crippen LogP contribution in [0.3, 0.4) is 0 Å². The quantitative estimate of drug-likeness (QED) is 0.797. The van der Waals surface area contributed by atoms with Crippen LogP contribution in [0, 0.1) is 12.3 Å². The molecule has 0 saturated heterocycles. The van der Waals surface area contributed by atoms with Gasteiger partial charge in [-0.2, -0.15) is 0 Å². The van der Waals surface area contributed by atoms with Crippen molar-refractivity contribution in [2.24, 2.45) is 0 Å². The Kier molecular flexibility index (Phi) is 5.37. The molecule has 0 aromatic heterocycles. The lowest BCUT2D eigenvalue weighted by Gasteiger charge is -2.15. The number of nitrogens with one attached hydrogen (secondary N) is 1. The van der Waals surface area contributed by atoms with E-state index in [1.54, 1.807) is 0 Å². The molecular formula is C21H21NO3. The van der Waals surface area contributed by atoms with Crippen molar-refractivity contribution in [2.75, 3.05) is 13.2 Å². The molecule has 0 aliphatic heterocycles. The Morgan fingerprint density at radius 3 is 2.36 bits per heavy atom. The highest BCUT2D eigenvalue weighted by molar-refractivity contribution is 5.79. The number of terminal acetylenes is 1. The summed E-state index contributed by atoms with van der Waals surface area (Å²) >= 11 is 0. The second-order valence-electron chi connectivity index (χ2n) is 6.10. The van der Waals surface area contributed by atoms with Gasteiger partial charge in [0.1, 0.15) is 6.61 Å². The van der Waals surface area contributed by atoms with E-state index in [0.717, 1.165) is 0 Å². The standard InChI is InChI=1S/C21H21NO3/c1-2-3-8-15(23)13-22-21(24)25-14-20-18-11-6-4-9-16(18)17-10-5-7-12-19(17)20/h1,4-7,9-12,15,20,23H,3,8,13-14H2,(H,22,24). The number of hydrogen-bond acceptors (Lipinski definition) is 3. The first kappa shape index (κ1) is 17.1. The number of carbonyl (C=O) groups is 1. The number of aliphatic hydroxyl groups excluding tert-OH is 1. The molecular weight excluding hydrogens is 314 g/mol. The second kappa shape index (κ2) is 7.87. The van der Waals surface area contributed by atoms with Crippen molar-refractivity contribution in [3.8, 4) is 23.5 Å². The maximum Gasteiger partial charge on any atom is 0.407 e. The number of alkyl carbamates (subject to hydrolysis) is 1. The third-order valence-corrected chi connectivity index (χ3v) is 4.45. The molecule has 2 aromatic rings. The smallest absolute Gasteiger partial charge is 0.407 e. The van der Waals surface area contributed by atoms with Crippen molar-refractivity contribution >= 4 is 6.09 Å². The Bertz CT molecular complexity index is 748. The minimum atomic E-state index is -0.656. The molecule has 2 aromatic carbocycles. The fourth-order valence-corrected chi connectivity index (χ4v) is 3.20. The molecule has 1 aliphatic carbocycles. The first-order valence-corrected chi connectivity index (χ1v) is 8.41. The summed E-state index contributed by atoms with van der Waals surface area (Å²) in [5, 5.41) is 12.3. The van der Waals surface area contributed by atoms with Crippen molar-refractivity contribution < 1.29 is 14.6 Å². The maximum absolute atomic E-state index is 11.9. The largest absolute Gasteiger partial charge is 0.449 e. The number of benzene rings is 2. The number of rotatable bonds is 6. The van der Waals surface area contributed by atoms with Crippen molar-refractivity contribution in [3.63, 3.8) is 0 Å². The van der Waals surface area contributed by atoms with Gasteiger partial charge in [-0.1, -0.05) is 48.5 Å². The van der Waals surface area contributed by atoms with E-state index in [-0.39, 0.29) is 19.1 Å². The van der Waals surface area contributed by atoms with Crippen LogP contribution in [0.15, 0.2) is 48.5 Å². The van der Waals surface area contributed by atoms with Gasteiger partial charge in [0, 0.05) is 18.9 Å². The van der Waals surface area contributed by atoms with Crippen LogP contribution >= 0.6 is 0 Å². The van der Waals surface area contributed by atoms with E-state index in [1.807, 2.05) is 24.3 Å². The summed E-state index contributed by atoms with van der Waals surface area (Å²) in [7, 11) is 0. The van der Waals surface area contributed by atoms with Gasteiger partial charge in [0.25, 0.3) is 0 Å². The molecule has 128 valence electrons. The molecule has 0 saturated carbocycles. The molecule has 1 amide bonds. The van der Waals surface area contributed by atoms with Crippen LogP contribution in [0.1, 0.15) is 29.9 Å². The molecule has 2 N–H and O–H groups in total. The number of fused-ring (bicyclic) bond motifs is 3. The van der Waals surface area contributed by atoms with Crippen LogP contribution in [-0.4, -0.2) is 30.5 Å². The Morgan fingerprint density at radius 2 is 1.76 bits per heavy atom. The third kappa shape index (κ3) is 3.84. The lowest BCUT2D eigenvalue weighted by Crippen LogP contribution is -2.33. The van der Waals surface area contributed by atoms with E-state index >= 15 is 0 Å². The van der Waals surface area contributed by atoms with Gasteiger partial charge in [0.15, 0.2) is 0 Å². The number of hydrogen-bond donors (Lipinski definition) is 2. The number of carbonyl (C=O) groups excluding carboxylic acids is 1. The molecule has 1 aliphatic rings. The highest BCUT2D eigenvalue weighted by Gasteiger charge is 2.28. The highest BCUT2D eigenvalue weighted by Crippen LogP contribution is 2.44. The van der Waals surface area contributed by atoms with Crippen molar-refractivity contribution in [3.05, 3.63) is 59.7 Å². The van der Waals surface area contributed by atoms with Crippen molar-refractivity contribution in [2.45, 2.75) is 24.9 Å². The topological polar surface area (TPSA) is 58.6 Å². The molecule has 4 heteroatoms. The first-order chi connectivity index (χ1) is 12.2. The van der Waals surface area contributed by atoms with Crippen LogP contribution in [0.5, 0.6) is 0 Å². The second-order valence-corrected chi connectivity index (χ2v) is 6.10. The van der Waals surface area contributed by atoms with Gasteiger partial charge in [0.2, 0.25) is 0 Å². The van der Waals surface area contributed by atoms with Gasteiger partial charge in [-0.15, -0.1) is 12.3 Å².